The zero-order valence-electron chi connectivity index (χ0n) is 13.3. The first-order chi connectivity index (χ1) is 10.0. The average molecular weight is 326 g/mol. The van der Waals surface area contributed by atoms with Crippen molar-refractivity contribution in [3.8, 4) is 0 Å². The van der Waals surface area contributed by atoms with E-state index in [2.05, 4.69) is 22.8 Å². The lowest BCUT2D eigenvalue weighted by Gasteiger charge is -2.30. The van der Waals surface area contributed by atoms with Gasteiger partial charge in [0.15, 0.2) is 0 Å². The maximum absolute atomic E-state index is 12.5. The Morgan fingerprint density at radius 2 is 2.00 bits per heavy atom. The smallest absolute Gasteiger partial charge is 0.239 e. The fourth-order valence-electron chi connectivity index (χ4n) is 2.73. The van der Waals surface area contributed by atoms with E-state index in [0.29, 0.717) is 19.5 Å². The molecule has 2 amide bonds. The maximum Gasteiger partial charge on any atom is 0.239 e. The lowest BCUT2D eigenvalue weighted by atomic mass is 9.95. The van der Waals surface area contributed by atoms with Gasteiger partial charge in [0.25, 0.3) is 0 Å². The highest BCUT2D eigenvalue weighted by Gasteiger charge is 2.27. The van der Waals surface area contributed by atoms with Gasteiger partial charge in [-0.15, -0.1) is 12.4 Å². The Kier molecular flexibility index (Phi) is 6.84. The Bertz CT molecular complexity index is 536. The van der Waals surface area contributed by atoms with Gasteiger partial charge < -0.3 is 15.5 Å². The second-order valence-corrected chi connectivity index (χ2v) is 5.64. The first kappa shape index (κ1) is 18.5. The van der Waals surface area contributed by atoms with Crippen LogP contribution in [-0.2, 0) is 22.6 Å². The van der Waals surface area contributed by atoms with Gasteiger partial charge in [0.2, 0.25) is 11.8 Å². The topological polar surface area (TPSA) is 61.4 Å². The van der Waals surface area contributed by atoms with Gasteiger partial charge >= 0.3 is 0 Å². The number of nitrogens with one attached hydrogen (secondary N) is 2. The monoisotopic (exact) mass is 325 g/mol. The Morgan fingerprint density at radius 3 is 2.64 bits per heavy atom. The molecule has 2 unspecified atom stereocenters. The van der Waals surface area contributed by atoms with Gasteiger partial charge in [-0.2, -0.15) is 0 Å². The Labute approximate surface area is 137 Å². The van der Waals surface area contributed by atoms with E-state index in [4.69, 9.17) is 0 Å². The molecule has 1 heterocycles. The largest absolute Gasteiger partial charge is 0.359 e. The van der Waals surface area contributed by atoms with Crippen molar-refractivity contribution in [3.63, 3.8) is 0 Å². The lowest BCUT2D eigenvalue weighted by Crippen LogP contribution is -2.49. The number of rotatable bonds is 4. The number of nitrogens with zero attached hydrogens (tertiary/aromatic N) is 1. The van der Waals surface area contributed by atoms with Gasteiger partial charge in [0, 0.05) is 27.2 Å². The van der Waals surface area contributed by atoms with Crippen LogP contribution in [0.2, 0.25) is 0 Å². The zero-order chi connectivity index (χ0) is 15.4. The second-order valence-electron chi connectivity index (χ2n) is 5.64. The molecule has 0 fully saturated rings. The normalized spacial score (nSPS) is 17.7. The molecule has 2 N–H and O–H groups in total. The summed E-state index contributed by atoms with van der Waals surface area (Å²) in [5, 5.41) is 5.89. The van der Waals surface area contributed by atoms with Gasteiger partial charge in [-0.05, 0) is 17.5 Å². The quantitative estimate of drug-likeness (QED) is 0.867. The van der Waals surface area contributed by atoms with E-state index in [1.807, 2.05) is 19.1 Å². The van der Waals surface area contributed by atoms with Gasteiger partial charge in [-0.25, -0.2) is 0 Å². The molecule has 1 aliphatic rings. The van der Waals surface area contributed by atoms with E-state index in [0.717, 1.165) is 0 Å². The second kappa shape index (κ2) is 8.15. The first-order valence-corrected chi connectivity index (χ1v) is 7.29. The van der Waals surface area contributed by atoms with Crippen LogP contribution in [0.15, 0.2) is 24.3 Å². The average Bonchev–Trinajstić information content (AvgIpc) is 2.52. The Morgan fingerprint density at radius 1 is 1.36 bits per heavy atom. The van der Waals surface area contributed by atoms with Crippen LogP contribution in [0.25, 0.3) is 0 Å². The van der Waals surface area contributed by atoms with E-state index in [1.165, 1.54) is 11.1 Å². The number of carbonyl (C=O) groups excluding carboxylic acids is 2. The molecule has 1 aliphatic heterocycles. The Hall–Kier alpha value is -1.59. The number of carbonyl (C=O) groups is 2. The SMILES string of the molecule is CNC(=O)C(C)CN(C)C(=O)C1Cc2ccccc2CN1.Cl. The lowest BCUT2D eigenvalue weighted by molar-refractivity contribution is -0.134. The number of halogens is 1. The predicted octanol–water partition coefficient (Wildman–Crippen LogP) is 0.963. The van der Waals surface area contributed by atoms with E-state index >= 15 is 0 Å². The number of likely N-dealkylation sites (N-methyl/N-ethyl adjacent to an activating group) is 1. The molecule has 2 rings (SSSR count). The van der Waals surface area contributed by atoms with Crippen molar-refractivity contribution in [3.05, 3.63) is 35.4 Å². The number of amides is 2. The summed E-state index contributed by atoms with van der Waals surface area (Å²) in [7, 11) is 3.37. The van der Waals surface area contributed by atoms with Gasteiger partial charge in [-0.3, -0.25) is 9.59 Å². The van der Waals surface area contributed by atoms with Crippen LogP contribution in [0, 0.1) is 5.92 Å². The fourth-order valence-corrected chi connectivity index (χ4v) is 2.73. The molecule has 22 heavy (non-hydrogen) atoms. The molecule has 0 aromatic heterocycles. The summed E-state index contributed by atoms with van der Waals surface area (Å²) in [5.41, 5.74) is 2.48. The third-order valence-corrected chi connectivity index (χ3v) is 4.00. The fraction of sp³-hybridized carbons (Fsp3) is 0.500. The standard InChI is InChI=1S/C16H23N3O2.ClH/c1-11(15(20)17-2)10-19(3)16(21)14-8-12-6-4-5-7-13(12)9-18-14;/h4-7,11,14,18H,8-10H2,1-3H3,(H,17,20);1H. The van der Waals surface area contributed by atoms with Crippen LogP contribution >= 0.6 is 12.4 Å². The third-order valence-electron chi connectivity index (χ3n) is 4.00. The number of fused-ring (bicyclic) bond motifs is 1. The van der Waals surface area contributed by atoms with E-state index in [-0.39, 0.29) is 36.2 Å². The first-order valence-electron chi connectivity index (χ1n) is 7.29. The highest BCUT2D eigenvalue weighted by Crippen LogP contribution is 2.17. The molecule has 0 saturated carbocycles. The van der Waals surface area contributed by atoms with E-state index < -0.39 is 0 Å². The predicted molar refractivity (Wildman–Crippen MR) is 88.9 cm³/mol. The van der Waals surface area contributed by atoms with Crippen LogP contribution in [0.1, 0.15) is 18.1 Å². The molecule has 122 valence electrons. The van der Waals surface area contributed by atoms with Crippen molar-refractivity contribution in [2.75, 3.05) is 20.6 Å². The molecule has 0 spiro atoms. The summed E-state index contributed by atoms with van der Waals surface area (Å²) < 4.78 is 0. The summed E-state index contributed by atoms with van der Waals surface area (Å²) in [4.78, 5) is 25.7. The van der Waals surface area contributed by atoms with E-state index in [9.17, 15) is 9.59 Å². The highest BCUT2D eigenvalue weighted by molar-refractivity contribution is 5.85. The van der Waals surface area contributed by atoms with Crippen LogP contribution in [-0.4, -0.2) is 43.4 Å². The van der Waals surface area contributed by atoms with Crippen LogP contribution in [0.4, 0.5) is 0 Å². The minimum absolute atomic E-state index is 0. The molecule has 5 nitrogen and oxygen atoms in total. The van der Waals surface area contributed by atoms with Crippen molar-refractivity contribution < 1.29 is 9.59 Å². The molecule has 1 aromatic rings. The zero-order valence-corrected chi connectivity index (χ0v) is 14.1. The third kappa shape index (κ3) is 4.21. The summed E-state index contributed by atoms with van der Waals surface area (Å²) in [6.07, 6.45) is 0.702. The number of benzene rings is 1. The summed E-state index contributed by atoms with van der Waals surface area (Å²) >= 11 is 0. The molecule has 0 aliphatic carbocycles. The van der Waals surface area contributed by atoms with Crippen molar-refractivity contribution in [2.24, 2.45) is 5.92 Å². The number of hydrogen-bond donors (Lipinski definition) is 2. The molecule has 2 atom stereocenters. The molecular formula is C16H24ClN3O2. The van der Waals surface area contributed by atoms with Crippen LogP contribution in [0.3, 0.4) is 0 Å². The van der Waals surface area contributed by atoms with Crippen molar-refractivity contribution >= 4 is 24.2 Å². The summed E-state index contributed by atoms with van der Waals surface area (Å²) in [6.45, 7) is 2.97. The van der Waals surface area contributed by atoms with Gasteiger partial charge in [0.1, 0.15) is 0 Å². The molecule has 6 heteroatoms. The van der Waals surface area contributed by atoms with Crippen molar-refractivity contribution in [1.29, 1.82) is 0 Å². The Balaban J connectivity index is 0.00000242. The van der Waals surface area contributed by atoms with Crippen molar-refractivity contribution in [1.82, 2.24) is 15.5 Å². The summed E-state index contributed by atoms with van der Waals surface area (Å²) in [6, 6.07) is 7.97. The molecular weight excluding hydrogens is 302 g/mol. The van der Waals surface area contributed by atoms with Crippen LogP contribution in [0.5, 0.6) is 0 Å². The highest BCUT2D eigenvalue weighted by atomic mass is 35.5. The minimum Gasteiger partial charge on any atom is -0.359 e. The minimum atomic E-state index is -0.208. The van der Waals surface area contributed by atoms with Crippen molar-refractivity contribution in [2.45, 2.75) is 25.9 Å². The number of hydrogen-bond acceptors (Lipinski definition) is 3. The van der Waals surface area contributed by atoms with Gasteiger partial charge in [0.05, 0.1) is 12.0 Å². The van der Waals surface area contributed by atoms with Gasteiger partial charge in [-0.1, -0.05) is 31.2 Å². The molecule has 0 bridgehead atoms. The molecule has 1 aromatic carbocycles. The summed E-state index contributed by atoms with van der Waals surface area (Å²) in [5.74, 6) is -0.211. The molecule has 0 radical (unpaired) electrons. The molecule has 0 saturated heterocycles. The van der Waals surface area contributed by atoms with E-state index in [1.54, 1.807) is 19.0 Å². The maximum atomic E-state index is 12.5. The van der Waals surface area contributed by atoms with Crippen LogP contribution < -0.4 is 10.6 Å².